The quantitative estimate of drug-likeness (QED) is 0.750. The van der Waals surface area contributed by atoms with Gasteiger partial charge in [-0.25, -0.2) is 8.42 Å². The van der Waals surface area contributed by atoms with Gasteiger partial charge in [-0.05, 0) is 38.5 Å². The van der Waals surface area contributed by atoms with Crippen LogP contribution in [-0.2, 0) is 13.8 Å². The molecule has 0 atom stereocenters. The van der Waals surface area contributed by atoms with Crippen LogP contribution in [0.4, 0.5) is 0 Å². The highest BCUT2D eigenvalue weighted by Gasteiger charge is 2.22. The van der Waals surface area contributed by atoms with Gasteiger partial charge in [0.2, 0.25) is 0 Å². The van der Waals surface area contributed by atoms with Crippen LogP contribution in [0, 0.1) is 6.92 Å². The van der Waals surface area contributed by atoms with E-state index in [9.17, 15) is 13.2 Å². The van der Waals surface area contributed by atoms with Gasteiger partial charge in [-0.15, -0.1) is 0 Å². The number of ether oxygens (including phenoxy) is 1. The van der Waals surface area contributed by atoms with Crippen molar-refractivity contribution < 1.29 is 17.9 Å². The van der Waals surface area contributed by atoms with Gasteiger partial charge in [-0.2, -0.15) is 0 Å². The number of halogens is 1. The first-order valence-corrected chi connectivity index (χ1v) is 8.84. The molecule has 0 aliphatic heterocycles. The summed E-state index contributed by atoms with van der Waals surface area (Å²) in [6.45, 7) is 6.39. The SMILES string of the molecule is COCCN(C(=O)c1cc(S(=O)(=O)Cl)ccc1C)C(C)C. The van der Waals surface area contributed by atoms with Crippen molar-refractivity contribution in [1.82, 2.24) is 4.90 Å². The van der Waals surface area contributed by atoms with Crippen LogP contribution in [0.15, 0.2) is 23.1 Å². The molecule has 0 heterocycles. The molecule has 0 spiro atoms. The monoisotopic (exact) mass is 333 g/mol. The third-order valence-corrected chi connectivity index (χ3v) is 4.49. The standard InChI is InChI=1S/C14H20ClNO4S/c1-10(2)16(7-8-20-4)14(17)13-9-12(21(15,18)19)6-5-11(13)3/h5-6,9-10H,7-8H2,1-4H3. The maximum absolute atomic E-state index is 12.6. The Morgan fingerprint density at radius 1 is 1.38 bits per heavy atom. The predicted octanol–water partition coefficient (Wildman–Crippen LogP) is 2.42. The number of nitrogens with zero attached hydrogens (tertiary/aromatic N) is 1. The molecule has 0 aliphatic carbocycles. The first-order chi connectivity index (χ1) is 9.68. The average Bonchev–Trinajstić information content (AvgIpc) is 2.37. The van der Waals surface area contributed by atoms with Gasteiger partial charge in [0.25, 0.3) is 15.0 Å². The summed E-state index contributed by atoms with van der Waals surface area (Å²) in [7, 11) is 3.04. The second kappa shape index (κ2) is 7.24. The van der Waals surface area contributed by atoms with Gasteiger partial charge in [0, 0.05) is 35.9 Å². The summed E-state index contributed by atoms with van der Waals surface area (Å²) in [6, 6.07) is 4.27. The van der Waals surface area contributed by atoms with E-state index in [2.05, 4.69) is 0 Å². The highest BCUT2D eigenvalue weighted by atomic mass is 35.7. The molecule has 1 aromatic carbocycles. The maximum atomic E-state index is 12.6. The first kappa shape index (κ1) is 17.9. The van der Waals surface area contributed by atoms with Crippen LogP contribution in [0.1, 0.15) is 29.8 Å². The normalized spacial score (nSPS) is 11.7. The fourth-order valence-corrected chi connectivity index (χ4v) is 2.70. The van der Waals surface area contributed by atoms with Crippen LogP contribution in [0.5, 0.6) is 0 Å². The Balaban J connectivity index is 3.21. The number of hydrogen-bond donors (Lipinski definition) is 0. The third kappa shape index (κ3) is 4.69. The van der Waals surface area contributed by atoms with Crippen molar-refractivity contribution in [3.05, 3.63) is 29.3 Å². The fourth-order valence-electron chi connectivity index (χ4n) is 1.92. The Labute approximate surface area is 130 Å². The third-order valence-electron chi connectivity index (χ3n) is 3.14. The summed E-state index contributed by atoms with van der Waals surface area (Å²) < 4.78 is 27.8. The van der Waals surface area contributed by atoms with E-state index in [0.717, 1.165) is 0 Å². The maximum Gasteiger partial charge on any atom is 0.261 e. The smallest absolute Gasteiger partial charge is 0.261 e. The zero-order chi connectivity index (χ0) is 16.2. The second-order valence-electron chi connectivity index (χ2n) is 5.00. The largest absolute Gasteiger partial charge is 0.383 e. The Kier molecular flexibility index (Phi) is 6.19. The molecule has 7 heteroatoms. The topological polar surface area (TPSA) is 63.7 Å². The molecule has 0 N–H and O–H groups in total. The van der Waals surface area contributed by atoms with Crippen molar-refractivity contribution in [2.24, 2.45) is 0 Å². The molecular weight excluding hydrogens is 314 g/mol. The Bertz CT molecular complexity index is 613. The summed E-state index contributed by atoms with van der Waals surface area (Å²) in [5.74, 6) is -0.235. The molecule has 5 nitrogen and oxygen atoms in total. The molecule has 1 amide bonds. The Hall–Kier alpha value is -1.11. The molecule has 0 saturated carbocycles. The van der Waals surface area contributed by atoms with Gasteiger partial charge in [-0.1, -0.05) is 6.07 Å². The lowest BCUT2D eigenvalue weighted by Gasteiger charge is -2.27. The Morgan fingerprint density at radius 2 is 2.00 bits per heavy atom. The minimum absolute atomic E-state index is 0.0247. The van der Waals surface area contributed by atoms with Gasteiger partial charge < -0.3 is 9.64 Å². The number of aryl methyl sites for hydroxylation is 1. The van der Waals surface area contributed by atoms with Crippen LogP contribution in [-0.4, -0.2) is 45.5 Å². The second-order valence-corrected chi connectivity index (χ2v) is 7.57. The zero-order valence-electron chi connectivity index (χ0n) is 12.6. The van der Waals surface area contributed by atoms with Crippen LogP contribution in [0.2, 0.25) is 0 Å². The highest BCUT2D eigenvalue weighted by Crippen LogP contribution is 2.21. The van der Waals surface area contributed by atoms with Crippen molar-refractivity contribution in [3.63, 3.8) is 0 Å². The van der Waals surface area contributed by atoms with Crippen molar-refractivity contribution >= 4 is 25.6 Å². The molecule has 0 bridgehead atoms. The van der Waals surface area contributed by atoms with E-state index < -0.39 is 9.05 Å². The molecule has 1 rings (SSSR count). The molecule has 0 radical (unpaired) electrons. The molecule has 1 aromatic rings. The fraction of sp³-hybridized carbons (Fsp3) is 0.500. The lowest BCUT2D eigenvalue weighted by molar-refractivity contribution is 0.0634. The van der Waals surface area contributed by atoms with Crippen LogP contribution in [0.3, 0.4) is 0 Å². The molecule has 0 aromatic heterocycles. The van der Waals surface area contributed by atoms with Gasteiger partial charge in [-0.3, -0.25) is 4.79 Å². The number of carbonyl (C=O) groups excluding carboxylic acids is 1. The number of methoxy groups -OCH3 is 1. The van der Waals surface area contributed by atoms with Crippen molar-refractivity contribution in [2.45, 2.75) is 31.7 Å². The summed E-state index contributed by atoms with van der Waals surface area (Å²) in [4.78, 5) is 14.2. The lowest BCUT2D eigenvalue weighted by atomic mass is 10.1. The van der Waals surface area contributed by atoms with Gasteiger partial charge in [0.1, 0.15) is 0 Å². The van der Waals surface area contributed by atoms with E-state index in [1.807, 2.05) is 13.8 Å². The molecule has 0 unspecified atom stereocenters. The molecule has 0 saturated heterocycles. The van der Waals surface area contributed by atoms with Gasteiger partial charge >= 0.3 is 0 Å². The number of carbonyl (C=O) groups is 1. The average molecular weight is 334 g/mol. The van der Waals surface area contributed by atoms with Crippen LogP contribution in [0.25, 0.3) is 0 Å². The molecule has 118 valence electrons. The van der Waals surface area contributed by atoms with E-state index in [4.69, 9.17) is 15.4 Å². The van der Waals surface area contributed by atoms with E-state index in [-0.39, 0.29) is 16.8 Å². The van der Waals surface area contributed by atoms with Crippen molar-refractivity contribution in [3.8, 4) is 0 Å². The van der Waals surface area contributed by atoms with E-state index in [1.54, 1.807) is 25.0 Å². The van der Waals surface area contributed by atoms with E-state index in [0.29, 0.717) is 24.3 Å². The molecule has 21 heavy (non-hydrogen) atoms. The summed E-state index contributed by atoms with van der Waals surface area (Å²) in [5, 5.41) is 0. The molecule has 0 fully saturated rings. The minimum atomic E-state index is -3.86. The van der Waals surface area contributed by atoms with Crippen molar-refractivity contribution in [1.29, 1.82) is 0 Å². The first-order valence-electron chi connectivity index (χ1n) is 6.53. The van der Waals surface area contributed by atoms with Gasteiger partial charge in [0.15, 0.2) is 0 Å². The predicted molar refractivity (Wildman–Crippen MR) is 82.3 cm³/mol. The van der Waals surface area contributed by atoms with Crippen LogP contribution < -0.4 is 0 Å². The number of hydrogen-bond acceptors (Lipinski definition) is 4. The summed E-state index contributed by atoms with van der Waals surface area (Å²) in [5.41, 5.74) is 1.04. The van der Waals surface area contributed by atoms with E-state index in [1.165, 1.54) is 12.1 Å². The lowest BCUT2D eigenvalue weighted by Crippen LogP contribution is -2.39. The number of amides is 1. The number of rotatable bonds is 6. The summed E-state index contributed by atoms with van der Waals surface area (Å²) >= 11 is 0. The zero-order valence-corrected chi connectivity index (χ0v) is 14.2. The Morgan fingerprint density at radius 3 is 2.48 bits per heavy atom. The van der Waals surface area contributed by atoms with Crippen molar-refractivity contribution in [2.75, 3.05) is 20.3 Å². The molecule has 0 aliphatic rings. The van der Waals surface area contributed by atoms with E-state index >= 15 is 0 Å². The minimum Gasteiger partial charge on any atom is -0.383 e. The van der Waals surface area contributed by atoms with Crippen LogP contribution >= 0.6 is 10.7 Å². The summed E-state index contributed by atoms with van der Waals surface area (Å²) in [6.07, 6.45) is 0. The molecular formula is C14H20ClNO4S. The number of benzene rings is 1. The van der Waals surface area contributed by atoms with Gasteiger partial charge in [0.05, 0.1) is 11.5 Å². The highest BCUT2D eigenvalue weighted by molar-refractivity contribution is 8.13.